The molecule has 4 nitrogen and oxygen atoms in total. The number of hydrogen-bond donors (Lipinski definition) is 0. The van der Waals surface area contributed by atoms with Crippen molar-refractivity contribution in [1.82, 2.24) is 0 Å². The molecule has 0 aromatic rings. The summed E-state index contributed by atoms with van der Waals surface area (Å²) >= 11 is 9.37. The molecule has 0 N–H and O–H groups in total. The minimum atomic E-state index is -0.736. The van der Waals surface area contributed by atoms with Crippen LogP contribution < -0.4 is 0 Å². The van der Waals surface area contributed by atoms with Crippen molar-refractivity contribution >= 4 is 35.7 Å². The number of hydrogen-bond acceptors (Lipinski definition) is 4. The zero-order valence-corrected chi connectivity index (χ0v) is 7.21. The molecular weight excluding hydrogens is 207 g/mol. The lowest BCUT2D eigenvalue weighted by molar-refractivity contribution is -0.129. The number of carbonyl (C=O) groups is 2. The summed E-state index contributed by atoms with van der Waals surface area (Å²) in [5, 5.41) is 0. The molecule has 6 heteroatoms. The standard InChI is InChI=1S/C6H4Cl2O4/c7-11-5(9)3-1-2-4-6(10)12-8/h1-4H/b3-1-,4-2-. The van der Waals surface area contributed by atoms with E-state index in [1.807, 2.05) is 0 Å². The molecule has 0 radical (unpaired) electrons. The van der Waals surface area contributed by atoms with Crippen LogP contribution in [0.3, 0.4) is 0 Å². The highest BCUT2D eigenvalue weighted by Crippen LogP contribution is 1.88. The molecule has 0 aromatic heterocycles. The van der Waals surface area contributed by atoms with E-state index in [1.165, 1.54) is 12.2 Å². The smallest absolute Gasteiger partial charge is 0.344 e. The Morgan fingerprint density at radius 1 is 0.917 bits per heavy atom. The highest BCUT2D eigenvalue weighted by atomic mass is 35.5. The first-order chi connectivity index (χ1) is 5.70. The third-order valence-electron chi connectivity index (χ3n) is 0.728. The van der Waals surface area contributed by atoms with Crippen molar-refractivity contribution in [2.24, 2.45) is 0 Å². The second-order valence-electron chi connectivity index (χ2n) is 1.51. The fraction of sp³-hybridized carbons (Fsp3) is 0. The Morgan fingerprint density at radius 2 is 1.25 bits per heavy atom. The molecule has 0 rings (SSSR count). The highest BCUT2D eigenvalue weighted by Gasteiger charge is 1.91. The van der Waals surface area contributed by atoms with Crippen LogP contribution in [0, 0.1) is 0 Å². The quantitative estimate of drug-likeness (QED) is 0.524. The van der Waals surface area contributed by atoms with E-state index in [0.717, 1.165) is 12.2 Å². The fourth-order valence-corrected chi connectivity index (χ4v) is 0.423. The minimum Gasteiger partial charge on any atom is -0.344 e. The Bertz CT molecular complexity index is 198. The van der Waals surface area contributed by atoms with E-state index in [1.54, 1.807) is 0 Å². The Balaban J connectivity index is 3.81. The molecule has 66 valence electrons. The fourth-order valence-electron chi connectivity index (χ4n) is 0.320. The molecule has 0 unspecified atom stereocenters. The van der Waals surface area contributed by atoms with Crippen LogP contribution in [0.15, 0.2) is 24.3 Å². The lowest BCUT2D eigenvalue weighted by Crippen LogP contribution is -1.89. The predicted octanol–water partition coefficient (Wildman–Crippen LogP) is 1.49. The van der Waals surface area contributed by atoms with Gasteiger partial charge in [0.05, 0.1) is 0 Å². The van der Waals surface area contributed by atoms with Crippen molar-refractivity contribution in [1.29, 1.82) is 0 Å². The van der Waals surface area contributed by atoms with Gasteiger partial charge in [0.1, 0.15) is 23.7 Å². The van der Waals surface area contributed by atoms with Gasteiger partial charge in [-0.05, 0) is 0 Å². The van der Waals surface area contributed by atoms with Gasteiger partial charge in [0.25, 0.3) is 0 Å². The molecule has 12 heavy (non-hydrogen) atoms. The van der Waals surface area contributed by atoms with Gasteiger partial charge in [-0.3, -0.25) is 0 Å². The Kier molecular flexibility index (Phi) is 6.14. The lowest BCUT2D eigenvalue weighted by Gasteiger charge is -1.83. The van der Waals surface area contributed by atoms with E-state index in [9.17, 15) is 9.59 Å². The summed E-state index contributed by atoms with van der Waals surface area (Å²) in [5.74, 6) is -1.47. The van der Waals surface area contributed by atoms with Crippen molar-refractivity contribution in [3.8, 4) is 0 Å². The molecule has 0 fully saturated rings. The van der Waals surface area contributed by atoms with Gasteiger partial charge in [-0.25, -0.2) is 9.59 Å². The maximum absolute atomic E-state index is 10.3. The second kappa shape index (κ2) is 6.69. The molecule has 0 aliphatic carbocycles. The average molecular weight is 211 g/mol. The first-order valence-corrected chi connectivity index (χ1v) is 3.32. The van der Waals surface area contributed by atoms with Gasteiger partial charge in [0, 0.05) is 12.2 Å². The van der Waals surface area contributed by atoms with E-state index in [-0.39, 0.29) is 0 Å². The molecule has 0 atom stereocenters. The second-order valence-corrected chi connectivity index (χ2v) is 1.82. The van der Waals surface area contributed by atoms with Crippen molar-refractivity contribution in [2.45, 2.75) is 0 Å². The van der Waals surface area contributed by atoms with Gasteiger partial charge in [-0.1, -0.05) is 12.2 Å². The normalized spacial score (nSPS) is 10.5. The zero-order chi connectivity index (χ0) is 9.40. The first kappa shape index (κ1) is 11.0. The monoisotopic (exact) mass is 210 g/mol. The molecule has 0 spiro atoms. The van der Waals surface area contributed by atoms with Crippen LogP contribution in [0.4, 0.5) is 0 Å². The Hall–Kier alpha value is -1.00. The molecule has 0 saturated heterocycles. The van der Waals surface area contributed by atoms with E-state index >= 15 is 0 Å². The van der Waals surface area contributed by atoms with Crippen LogP contribution >= 0.6 is 23.7 Å². The summed E-state index contributed by atoms with van der Waals surface area (Å²) in [5.41, 5.74) is 0. The van der Waals surface area contributed by atoms with Crippen molar-refractivity contribution in [3.63, 3.8) is 0 Å². The SMILES string of the molecule is O=C(/C=C\C=C/C(=O)OCl)OCl. The molecule has 0 saturated carbocycles. The molecule has 0 aliphatic heterocycles. The zero-order valence-electron chi connectivity index (χ0n) is 5.70. The van der Waals surface area contributed by atoms with Gasteiger partial charge in [0.2, 0.25) is 0 Å². The van der Waals surface area contributed by atoms with Crippen molar-refractivity contribution in [3.05, 3.63) is 24.3 Å². The van der Waals surface area contributed by atoms with Crippen LogP contribution in [-0.2, 0) is 18.2 Å². The number of rotatable bonds is 3. The Labute approximate surface area is 78.7 Å². The third-order valence-corrected chi connectivity index (χ3v) is 1.03. The van der Waals surface area contributed by atoms with Crippen LogP contribution in [0.1, 0.15) is 0 Å². The predicted molar refractivity (Wildman–Crippen MR) is 42.2 cm³/mol. The van der Waals surface area contributed by atoms with Crippen LogP contribution in [0.5, 0.6) is 0 Å². The van der Waals surface area contributed by atoms with Crippen molar-refractivity contribution in [2.75, 3.05) is 0 Å². The summed E-state index contributed by atoms with van der Waals surface area (Å²) in [6, 6.07) is 0. The summed E-state index contributed by atoms with van der Waals surface area (Å²) in [4.78, 5) is 20.6. The summed E-state index contributed by atoms with van der Waals surface area (Å²) in [6.45, 7) is 0. The lowest BCUT2D eigenvalue weighted by atomic mass is 10.4. The maximum Gasteiger partial charge on any atom is 0.349 e. The highest BCUT2D eigenvalue weighted by molar-refractivity contribution is 6.15. The molecular formula is C6H4Cl2O4. The molecule has 0 bridgehead atoms. The Morgan fingerprint density at radius 3 is 1.50 bits per heavy atom. The topological polar surface area (TPSA) is 52.6 Å². The summed E-state index contributed by atoms with van der Waals surface area (Å²) in [7, 11) is 0. The summed E-state index contributed by atoms with van der Waals surface area (Å²) < 4.78 is 7.51. The largest absolute Gasteiger partial charge is 0.349 e. The van der Waals surface area contributed by atoms with E-state index in [0.29, 0.717) is 0 Å². The van der Waals surface area contributed by atoms with Crippen LogP contribution in [0.25, 0.3) is 0 Å². The maximum atomic E-state index is 10.3. The summed E-state index contributed by atoms with van der Waals surface area (Å²) in [6.07, 6.45) is 4.53. The van der Waals surface area contributed by atoms with E-state index in [4.69, 9.17) is 0 Å². The van der Waals surface area contributed by atoms with Gasteiger partial charge in [-0.15, -0.1) is 0 Å². The first-order valence-electron chi connectivity index (χ1n) is 2.70. The van der Waals surface area contributed by atoms with Crippen molar-refractivity contribution < 1.29 is 18.2 Å². The molecule has 0 amide bonds. The van der Waals surface area contributed by atoms with Gasteiger partial charge in [-0.2, -0.15) is 0 Å². The number of halogens is 2. The minimum absolute atomic E-state index is 0.736. The number of allylic oxidation sites excluding steroid dienone is 2. The van der Waals surface area contributed by atoms with Gasteiger partial charge >= 0.3 is 11.9 Å². The van der Waals surface area contributed by atoms with Gasteiger partial charge in [0.15, 0.2) is 0 Å². The average Bonchev–Trinajstić information content (AvgIpc) is 2.11. The molecule has 0 aliphatic rings. The van der Waals surface area contributed by atoms with Gasteiger partial charge < -0.3 is 8.58 Å². The third kappa shape index (κ3) is 5.76. The number of carbonyl (C=O) groups excluding carboxylic acids is 2. The van der Waals surface area contributed by atoms with E-state index < -0.39 is 11.9 Å². The van der Waals surface area contributed by atoms with Crippen LogP contribution in [0.2, 0.25) is 0 Å². The molecule has 0 heterocycles. The van der Waals surface area contributed by atoms with Crippen LogP contribution in [-0.4, -0.2) is 11.9 Å². The molecule has 0 aromatic carbocycles. The van der Waals surface area contributed by atoms with E-state index in [2.05, 4.69) is 32.3 Å².